The van der Waals surface area contributed by atoms with Crippen LogP contribution in [-0.2, 0) is 5.60 Å². The zero-order valence-electron chi connectivity index (χ0n) is 9.96. The third-order valence-corrected chi connectivity index (χ3v) is 3.41. The molecule has 0 heterocycles. The molecule has 0 spiro atoms. The van der Waals surface area contributed by atoms with E-state index < -0.39 is 28.7 Å². The van der Waals surface area contributed by atoms with Gasteiger partial charge in [-0.15, -0.1) is 0 Å². The molecule has 106 valence electrons. The molecule has 0 aliphatic carbocycles. The van der Waals surface area contributed by atoms with Crippen molar-refractivity contribution in [2.75, 3.05) is 0 Å². The molecule has 0 saturated heterocycles. The molecule has 0 fully saturated rings. The van der Waals surface area contributed by atoms with Gasteiger partial charge < -0.3 is 5.11 Å². The van der Waals surface area contributed by atoms with Crippen molar-refractivity contribution in [3.05, 3.63) is 69.9 Å². The van der Waals surface area contributed by atoms with E-state index in [1.54, 1.807) is 0 Å². The van der Waals surface area contributed by atoms with Gasteiger partial charge in [-0.3, -0.25) is 0 Å². The molecule has 2 aromatic rings. The molecular weight excluding hydrogens is 340 g/mol. The lowest BCUT2D eigenvalue weighted by atomic mass is 9.85. The highest BCUT2D eigenvalue weighted by Gasteiger charge is 2.57. The summed E-state index contributed by atoms with van der Waals surface area (Å²) in [5, 5.41) is 10.2. The molecule has 0 amide bonds. The van der Waals surface area contributed by atoms with Crippen molar-refractivity contribution < 1.29 is 22.7 Å². The van der Waals surface area contributed by atoms with Crippen molar-refractivity contribution in [1.29, 1.82) is 0 Å². The normalized spacial score (nSPS) is 14.9. The first kappa shape index (κ1) is 15.0. The van der Waals surface area contributed by atoms with Crippen molar-refractivity contribution in [1.82, 2.24) is 0 Å². The van der Waals surface area contributed by atoms with Crippen LogP contribution in [0.15, 0.2) is 53.0 Å². The van der Waals surface area contributed by atoms with Crippen LogP contribution in [-0.4, -0.2) is 11.3 Å². The zero-order valence-corrected chi connectivity index (χ0v) is 11.5. The maximum atomic E-state index is 13.7. The molecule has 1 nitrogen and oxygen atoms in total. The SMILES string of the molecule is OC(c1cccc(Br)c1)(c1ccccc1F)C(F)(F)F. The second-order valence-corrected chi connectivity index (χ2v) is 5.11. The quantitative estimate of drug-likeness (QED) is 0.798. The van der Waals surface area contributed by atoms with Crippen molar-refractivity contribution in [3.63, 3.8) is 0 Å². The van der Waals surface area contributed by atoms with Gasteiger partial charge in [0.2, 0.25) is 5.60 Å². The van der Waals surface area contributed by atoms with Crippen LogP contribution in [0, 0.1) is 5.82 Å². The molecule has 0 aliphatic rings. The first-order valence-electron chi connectivity index (χ1n) is 5.57. The topological polar surface area (TPSA) is 20.2 Å². The highest BCUT2D eigenvalue weighted by molar-refractivity contribution is 9.10. The maximum Gasteiger partial charge on any atom is 0.425 e. The molecule has 20 heavy (non-hydrogen) atoms. The van der Waals surface area contributed by atoms with Crippen LogP contribution in [0.3, 0.4) is 0 Å². The molecule has 2 aromatic carbocycles. The van der Waals surface area contributed by atoms with E-state index in [0.717, 1.165) is 24.3 Å². The lowest BCUT2D eigenvalue weighted by molar-refractivity contribution is -0.249. The van der Waals surface area contributed by atoms with Crippen LogP contribution in [0.2, 0.25) is 0 Å². The second kappa shape index (κ2) is 5.18. The predicted molar refractivity (Wildman–Crippen MR) is 69.6 cm³/mol. The Kier molecular flexibility index (Phi) is 3.88. The van der Waals surface area contributed by atoms with Gasteiger partial charge in [-0.1, -0.05) is 46.3 Å². The van der Waals surface area contributed by atoms with E-state index in [1.165, 1.54) is 24.3 Å². The molecule has 0 bridgehead atoms. The summed E-state index contributed by atoms with van der Waals surface area (Å²) in [6.07, 6.45) is -5.06. The summed E-state index contributed by atoms with van der Waals surface area (Å²) in [4.78, 5) is 0. The van der Waals surface area contributed by atoms with E-state index in [-0.39, 0.29) is 0 Å². The van der Waals surface area contributed by atoms with E-state index in [2.05, 4.69) is 15.9 Å². The van der Waals surface area contributed by atoms with Crippen LogP contribution < -0.4 is 0 Å². The molecule has 0 radical (unpaired) electrons. The van der Waals surface area contributed by atoms with Gasteiger partial charge in [0.25, 0.3) is 0 Å². The highest BCUT2D eigenvalue weighted by atomic mass is 79.9. The predicted octanol–water partition coefficient (Wildman–Crippen LogP) is 4.39. The van der Waals surface area contributed by atoms with Crippen LogP contribution >= 0.6 is 15.9 Å². The van der Waals surface area contributed by atoms with Crippen molar-refractivity contribution in [2.45, 2.75) is 11.8 Å². The fourth-order valence-electron chi connectivity index (χ4n) is 1.94. The molecule has 6 heteroatoms. The molecule has 1 N–H and O–H groups in total. The summed E-state index contributed by atoms with van der Waals surface area (Å²) in [5.41, 5.74) is -4.68. The third kappa shape index (κ3) is 2.45. The van der Waals surface area contributed by atoms with Gasteiger partial charge in [-0.25, -0.2) is 4.39 Å². The van der Waals surface area contributed by atoms with Crippen LogP contribution in [0.4, 0.5) is 17.6 Å². The summed E-state index contributed by atoms with van der Waals surface area (Å²) >= 11 is 3.04. The number of aliphatic hydroxyl groups is 1. The van der Waals surface area contributed by atoms with E-state index >= 15 is 0 Å². The maximum absolute atomic E-state index is 13.7. The first-order chi connectivity index (χ1) is 9.26. The monoisotopic (exact) mass is 348 g/mol. The van der Waals surface area contributed by atoms with Gasteiger partial charge in [0.05, 0.1) is 0 Å². The molecule has 0 aliphatic heterocycles. The number of halogens is 5. The van der Waals surface area contributed by atoms with Gasteiger partial charge >= 0.3 is 6.18 Å². The Morgan fingerprint density at radius 2 is 1.60 bits per heavy atom. The second-order valence-electron chi connectivity index (χ2n) is 4.20. The summed E-state index contributed by atoms with van der Waals surface area (Å²) in [7, 11) is 0. The lowest BCUT2D eigenvalue weighted by Crippen LogP contribution is -2.44. The summed E-state index contributed by atoms with van der Waals surface area (Å²) < 4.78 is 54.2. The number of hydrogen-bond acceptors (Lipinski definition) is 1. The molecule has 0 saturated carbocycles. The standard InChI is InChI=1S/C14H9BrF4O/c15-10-5-3-4-9(8-10)13(20,14(17,18)19)11-6-1-2-7-12(11)16/h1-8,20H. The Hall–Kier alpha value is -1.40. The minimum Gasteiger partial charge on any atom is -0.372 e. The molecular formula is C14H9BrF4O. The molecule has 2 rings (SSSR count). The van der Waals surface area contributed by atoms with Gasteiger partial charge in [0.1, 0.15) is 5.82 Å². The molecule has 1 unspecified atom stereocenters. The number of benzene rings is 2. The fraction of sp³-hybridized carbons (Fsp3) is 0.143. The van der Waals surface area contributed by atoms with Crippen LogP contribution in [0.25, 0.3) is 0 Å². The lowest BCUT2D eigenvalue weighted by Gasteiger charge is -2.31. The van der Waals surface area contributed by atoms with Gasteiger partial charge in [0.15, 0.2) is 0 Å². The van der Waals surface area contributed by atoms with Crippen LogP contribution in [0.1, 0.15) is 11.1 Å². The Labute approximate surface area is 121 Å². The Morgan fingerprint density at radius 1 is 0.950 bits per heavy atom. The van der Waals surface area contributed by atoms with E-state index in [1.807, 2.05) is 0 Å². The minimum atomic E-state index is -5.06. The zero-order chi connectivity index (χ0) is 15.0. The Balaban J connectivity index is 2.74. The average molecular weight is 349 g/mol. The largest absolute Gasteiger partial charge is 0.425 e. The van der Waals surface area contributed by atoms with Crippen molar-refractivity contribution in [2.24, 2.45) is 0 Å². The van der Waals surface area contributed by atoms with Gasteiger partial charge in [-0.2, -0.15) is 13.2 Å². The Morgan fingerprint density at radius 3 is 2.15 bits per heavy atom. The van der Waals surface area contributed by atoms with Crippen molar-refractivity contribution >= 4 is 15.9 Å². The van der Waals surface area contributed by atoms with E-state index in [0.29, 0.717) is 4.47 Å². The van der Waals surface area contributed by atoms with E-state index in [4.69, 9.17) is 0 Å². The van der Waals surface area contributed by atoms with Crippen molar-refractivity contribution in [3.8, 4) is 0 Å². The number of alkyl halides is 3. The third-order valence-electron chi connectivity index (χ3n) is 2.92. The highest BCUT2D eigenvalue weighted by Crippen LogP contribution is 2.45. The summed E-state index contributed by atoms with van der Waals surface area (Å²) in [6, 6.07) is 9.38. The molecule has 0 aromatic heterocycles. The van der Waals surface area contributed by atoms with Crippen LogP contribution in [0.5, 0.6) is 0 Å². The first-order valence-corrected chi connectivity index (χ1v) is 6.36. The van der Waals surface area contributed by atoms with Gasteiger partial charge in [-0.05, 0) is 23.8 Å². The minimum absolute atomic E-state index is 0.356. The summed E-state index contributed by atoms with van der Waals surface area (Å²) in [6.45, 7) is 0. The molecule has 1 atom stereocenters. The van der Waals surface area contributed by atoms with E-state index in [9.17, 15) is 22.7 Å². The smallest absolute Gasteiger partial charge is 0.372 e. The Bertz CT molecular complexity index is 627. The van der Waals surface area contributed by atoms with Gasteiger partial charge in [0, 0.05) is 10.0 Å². The summed E-state index contributed by atoms with van der Waals surface area (Å²) in [5.74, 6) is -1.12. The average Bonchev–Trinajstić information content (AvgIpc) is 2.37. The number of hydrogen-bond donors (Lipinski definition) is 1. The fourth-order valence-corrected chi connectivity index (χ4v) is 2.34. The number of rotatable bonds is 2.